The molecule has 2 aliphatic rings. The quantitative estimate of drug-likeness (QED) is 0.799. The van der Waals surface area contributed by atoms with Gasteiger partial charge in [-0.3, -0.25) is 9.59 Å². The molecule has 0 atom stereocenters. The fraction of sp³-hybridized carbons (Fsp3) is 0.667. The highest BCUT2D eigenvalue weighted by atomic mass is 32.1. The summed E-state index contributed by atoms with van der Waals surface area (Å²) in [6.45, 7) is 4.79. The minimum Gasteiger partial charge on any atom is -0.339 e. The Morgan fingerprint density at radius 1 is 1.23 bits per heavy atom. The van der Waals surface area contributed by atoms with E-state index in [2.05, 4.69) is 17.0 Å². The molecule has 0 radical (unpaired) electrons. The van der Waals surface area contributed by atoms with Gasteiger partial charge >= 0.3 is 0 Å². The summed E-state index contributed by atoms with van der Waals surface area (Å²) >= 11 is 1.39. The molecule has 2 aromatic heterocycles. The molecule has 7 nitrogen and oxygen atoms in total. The van der Waals surface area contributed by atoms with Gasteiger partial charge in [-0.1, -0.05) is 37.5 Å². The highest BCUT2D eigenvalue weighted by molar-refractivity contribution is 7.20. The van der Waals surface area contributed by atoms with Crippen molar-refractivity contribution in [1.29, 1.82) is 0 Å². The predicted octanol–water partition coefficient (Wildman–Crippen LogP) is 1.94. The fourth-order valence-electron chi connectivity index (χ4n) is 3.93. The number of aromatic nitrogens is 3. The molecule has 4 rings (SSSR count). The van der Waals surface area contributed by atoms with Crippen LogP contribution in [0.1, 0.15) is 44.7 Å². The van der Waals surface area contributed by atoms with Crippen LogP contribution in [0.3, 0.4) is 0 Å². The summed E-state index contributed by atoms with van der Waals surface area (Å²) in [5.41, 5.74) is 0.664. The lowest BCUT2D eigenvalue weighted by atomic mass is 10.1. The van der Waals surface area contributed by atoms with Gasteiger partial charge in [0, 0.05) is 31.4 Å². The van der Waals surface area contributed by atoms with Crippen molar-refractivity contribution in [3.63, 3.8) is 0 Å². The molecule has 0 N–H and O–H groups in total. The molecule has 1 amide bonds. The Kier molecular flexibility index (Phi) is 4.93. The molecule has 1 saturated carbocycles. The predicted molar refractivity (Wildman–Crippen MR) is 102 cm³/mol. The second-order valence-electron chi connectivity index (χ2n) is 7.33. The van der Waals surface area contributed by atoms with E-state index in [1.54, 1.807) is 6.07 Å². The highest BCUT2D eigenvalue weighted by Gasteiger charge is 2.29. The Hall–Kier alpha value is -1.96. The molecule has 0 spiro atoms. The summed E-state index contributed by atoms with van der Waals surface area (Å²) in [5.74, 6) is 0.835. The lowest BCUT2D eigenvalue weighted by Crippen LogP contribution is -2.51. The zero-order valence-corrected chi connectivity index (χ0v) is 16.0. The van der Waals surface area contributed by atoms with Gasteiger partial charge < -0.3 is 9.80 Å². The van der Waals surface area contributed by atoms with E-state index in [0.717, 1.165) is 38.2 Å². The minimum absolute atomic E-state index is 0.146. The van der Waals surface area contributed by atoms with Gasteiger partial charge in [0.2, 0.25) is 16.0 Å². The first-order valence-corrected chi connectivity index (χ1v) is 10.4. The van der Waals surface area contributed by atoms with E-state index in [-0.39, 0.29) is 11.5 Å². The third-order valence-corrected chi connectivity index (χ3v) is 6.31. The first-order valence-electron chi connectivity index (χ1n) is 9.56. The first kappa shape index (κ1) is 17.5. The molecular formula is C18H25N5O2S. The van der Waals surface area contributed by atoms with E-state index in [1.807, 2.05) is 9.80 Å². The largest absolute Gasteiger partial charge is 0.339 e. The molecule has 0 unspecified atom stereocenters. The molecule has 0 aromatic carbocycles. The molecule has 3 heterocycles. The molecular weight excluding hydrogens is 350 g/mol. The Labute approximate surface area is 156 Å². The van der Waals surface area contributed by atoms with Crippen LogP contribution in [0, 0.1) is 5.92 Å². The zero-order chi connectivity index (χ0) is 18.1. The van der Waals surface area contributed by atoms with Crippen molar-refractivity contribution in [3.8, 4) is 0 Å². The number of hydrogen-bond acceptors (Lipinski definition) is 6. The highest BCUT2D eigenvalue weighted by Crippen LogP contribution is 2.27. The first-order chi connectivity index (χ1) is 12.6. The van der Waals surface area contributed by atoms with E-state index in [9.17, 15) is 9.59 Å². The van der Waals surface area contributed by atoms with Crippen LogP contribution in [0.5, 0.6) is 0 Å². The van der Waals surface area contributed by atoms with Crippen LogP contribution in [0.2, 0.25) is 0 Å². The van der Waals surface area contributed by atoms with E-state index in [1.165, 1.54) is 41.5 Å². The van der Waals surface area contributed by atoms with Gasteiger partial charge in [-0.15, -0.1) is 5.10 Å². The summed E-state index contributed by atoms with van der Waals surface area (Å²) in [4.78, 5) is 33.9. The normalized spacial score (nSPS) is 19.0. The third-order valence-electron chi connectivity index (χ3n) is 5.34. The Morgan fingerprint density at radius 2 is 2.04 bits per heavy atom. The number of amides is 1. The van der Waals surface area contributed by atoms with Gasteiger partial charge in [-0.2, -0.15) is 4.52 Å². The van der Waals surface area contributed by atoms with E-state index < -0.39 is 0 Å². The van der Waals surface area contributed by atoms with Gasteiger partial charge in [0.05, 0.1) is 6.54 Å². The van der Waals surface area contributed by atoms with Crippen LogP contribution < -0.4 is 10.5 Å². The van der Waals surface area contributed by atoms with Crippen LogP contribution in [0.4, 0.5) is 5.13 Å². The van der Waals surface area contributed by atoms with Crippen LogP contribution in [0.15, 0.2) is 10.9 Å². The summed E-state index contributed by atoms with van der Waals surface area (Å²) in [6, 6.07) is 1.56. The second kappa shape index (κ2) is 7.34. The maximum absolute atomic E-state index is 12.6. The molecule has 26 heavy (non-hydrogen) atoms. The maximum atomic E-state index is 12.6. The van der Waals surface area contributed by atoms with Crippen molar-refractivity contribution in [2.45, 2.75) is 45.4 Å². The number of carbonyl (C=O) groups excluding carboxylic acids is 1. The number of hydrogen-bond donors (Lipinski definition) is 0. The lowest BCUT2D eigenvalue weighted by Gasteiger charge is -2.35. The number of nitrogens with zero attached hydrogens (tertiary/aromatic N) is 5. The Balaban J connectivity index is 1.48. The fourth-order valence-corrected chi connectivity index (χ4v) is 4.88. The zero-order valence-electron chi connectivity index (χ0n) is 15.2. The molecule has 2 aromatic rings. The number of rotatable bonds is 5. The van der Waals surface area contributed by atoms with Crippen molar-refractivity contribution in [2.24, 2.45) is 5.92 Å². The number of piperazine rings is 1. The summed E-state index contributed by atoms with van der Waals surface area (Å²) in [7, 11) is 0. The van der Waals surface area contributed by atoms with Crippen LogP contribution in [-0.4, -0.2) is 51.6 Å². The molecule has 1 aliphatic carbocycles. The Bertz CT molecular complexity index is 855. The third kappa shape index (κ3) is 3.47. The second-order valence-corrected chi connectivity index (χ2v) is 8.26. The summed E-state index contributed by atoms with van der Waals surface area (Å²) < 4.78 is 1.36. The van der Waals surface area contributed by atoms with Gasteiger partial charge in [0.15, 0.2) is 0 Å². The van der Waals surface area contributed by atoms with Crippen molar-refractivity contribution >= 4 is 27.3 Å². The molecule has 1 aliphatic heterocycles. The monoisotopic (exact) mass is 375 g/mol. The average molecular weight is 375 g/mol. The SMILES string of the molecule is CCCc1cc(=O)n2nc(N3CCN(CC4CCCC4)C(=O)C3)sc2n1. The smallest absolute Gasteiger partial charge is 0.275 e. The summed E-state index contributed by atoms with van der Waals surface area (Å²) in [6.07, 6.45) is 6.84. The molecule has 8 heteroatoms. The van der Waals surface area contributed by atoms with Crippen molar-refractivity contribution in [1.82, 2.24) is 19.5 Å². The van der Waals surface area contributed by atoms with Gasteiger partial charge in [-0.25, -0.2) is 4.98 Å². The maximum Gasteiger partial charge on any atom is 0.275 e. The number of aryl methyl sites for hydroxylation is 1. The number of fused-ring (bicyclic) bond motifs is 1. The number of anilines is 1. The molecule has 1 saturated heterocycles. The van der Waals surface area contributed by atoms with Crippen molar-refractivity contribution in [3.05, 3.63) is 22.1 Å². The van der Waals surface area contributed by atoms with E-state index in [4.69, 9.17) is 0 Å². The topological polar surface area (TPSA) is 70.8 Å². The van der Waals surface area contributed by atoms with Crippen LogP contribution in [-0.2, 0) is 11.2 Å². The molecule has 2 fully saturated rings. The van der Waals surface area contributed by atoms with Crippen molar-refractivity contribution in [2.75, 3.05) is 31.1 Å². The minimum atomic E-state index is -0.146. The van der Waals surface area contributed by atoms with Crippen molar-refractivity contribution < 1.29 is 4.79 Å². The standard InChI is InChI=1S/C18H25N5O2S/c1-2-5-14-10-15(24)23-17(19-14)26-18(20-23)22-9-8-21(16(25)12-22)11-13-6-3-4-7-13/h10,13H,2-9,11-12H2,1H3. The number of carbonyl (C=O) groups is 1. The van der Waals surface area contributed by atoms with E-state index in [0.29, 0.717) is 22.6 Å². The Morgan fingerprint density at radius 3 is 2.77 bits per heavy atom. The molecule has 0 bridgehead atoms. The van der Waals surface area contributed by atoms with Gasteiger partial charge in [0.1, 0.15) is 0 Å². The van der Waals surface area contributed by atoms with Crippen LogP contribution in [0.25, 0.3) is 4.96 Å². The van der Waals surface area contributed by atoms with Gasteiger partial charge in [0.25, 0.3) is 5.56 Å². The molecule has 140 valence electrons. The van der Waals surface area contributed by atoms with Crippen LogP contribution >= 0.6 is 11.3 Å². The van der Waals surface area contributed by atoms with Gasteiger partial charge in [-0.05, 0) is 25.2 Å². The average Bonchev–Trinajstić information content (AvgIpc) is 3.27. The van der Waals surface area contributed by atoms with E-state index >= 15 is 0 Å². The summed E-state index contributed by atoms with van der Waals surface area (Å²) in [5, 5.41) is 5.12. The lowest BCUT2D eigenvalue weighted by molar-refractivity contribution is -0.131.